The van der Waals surface area contributed by atoms with Gasteiger partial charge in [-0.2, -0.15) is 5.23 Å². The SMILES string of the molecule is Cc1ccc(Nc2ccc([NH+]([O-])O)cc2N)cc1. The second kappa shape index (κ2) is 5.05. The van der Waals surface area contributed by atoms with Gasteiger partial charge < -0.3 is 16.3 Å². The van der Waals surface area contributed by atoms with E-state index in [9.17, 15) is 5.21 Å². The molecule has 2 aromatic rings. The molecule has 0 saturated heterocycles. The van der Waals surface area contributed by atoms with Crippen molar-refractivity contribution in [1.29, 1.82) is 0 Å². The molecule has 0 aliphatic rings. The van der Waals surface area contributed by atoms with E-state index in [4.69, 9.17) is 10.9 Å². The lowest BCUT2D eigenvalue weighted by atomic mass is 10.2. The van der Waals surface area contributed by atoms with Crippen LogP contribution in [0.2, 0.25) is 0 Å². The van der Waals surface area contributed by atoms with Gasteiger partial charge in [0.2, 0.25) is 0 Å². The molecule has 0 radical (unpaired) electrons. The summed E-state index contributed by atoms with van der Waals surface area (Å²) in [6.45, 7) is 2.01. The molecule has 0 aliphatic carbocycles. The minimum Gasteiger partial charge on any atom is -0.595 e. The first-order chi connectivity index (χ1) is 8.56. The smallest absolute Gasteiger partial charge is 0.165 e. The van der Waals surface area contributed by atoms with E-state index >= 15 is 0 Å². The van der Waals surface area contributed by atoms with E-state index < -0.39 is 5.23 Å². The molecule has 0 aliphatic heterocycles. The maximum absolute atomic E-state index is 10.8. The summed E-state index contributed by atoms with van der Waals surface area (Å²) >= 11 is 0. The summed E-state index contributed by atoms with van der Waals surface area (Å²) in [6, 6.07) is 12.5. The third kappa shape index (κ3) is 2.78. The fourth-order valence-corrected chi connectivity index (χ4v) is 1.60. The molecular formula is C13H15N3O2. The van der Waals surface area contributed by atoms with Gasteiger partial charge in [-0.3, -0.25) is 0 Å². The number of benzene rings is 2. The average molecular weight is 245 g/mol. The number of anilines is 3. The number of rotatable bonds is 3. The summed E-state index contributed by atoms with van der Waals surface area (Å²) < 4.78 is 0. The summed E-state index contributed by atoms with van der Waals surface area (Å²) in [5.41, 5.74) is 9.19. The van der Waals surface area contributed by atoms with Crippen molar-refractivity contribution in [1.82, 2.24) is 0 Å². The molecule has 0 amide bonds. The second-order valence-corrected chi connectivity index (χ2v) is 4.10. The lowest BCUT2D eigenvalue weighted by molar-refractivity contribution is -0.991. The van der Waals surface area contributed by atoms with Gasteiger partial charge in [0, 0.05) is 17.8 Å². The largest absolute Gasteiger partial charge is 0.595 e. The fourth-order valence-electron chi connectivity index (χ4n) is 1.60. The first kappa shape index (κ1) is 12.4. The Morgan fingerprint density at radius 1 is 1.17 bits per heavy atom. The molecule has 1 atom stereocenters. The predicted octanol–water partition coefficient (Wildman–Crippen LogP) is 1.72. The number of hydrogen-bond acceptors (Lipinski definition) is 4. The molecular weight excluding hydrogens is 230 g/mol. The Balaban J connectivity index is 2.22. The van der Waals surface area contributed by atoms with Crippen LogP contribution in [-0.2, 0) is 0 Å². The van der Waals surface area contributed by atoms with Crippen LogP contribution in [-0.4, -0.2) is 5.21 Å². The van der Waals surface area contributed by atoms with E-state index in [0.29, 0.717) is 11.4 Å². The molecule has 2 aromatic carbocycles. The molecule has 0 spiro atoms. The second-order valence-electron chi connectivity index (χ2n) is 4.10. The molecule has 0 bridgehead atoms. The molecule has 18 heavy (non-hydrogen) atoms. The number of nitrogen functional groups attached to an aromatic ring is 1. The van der Waals surface area contributed by atoms with Gasteiger partial charge in [-0.15, -0.1) is 0 Å². The Kier molecular flexibility index (Phi) is 3.47. The van der Waals surface area contributed by atoms with Crippen LogP contribution in [0.25, 0.3) is 0 Å². The highest BCUT2D eigenvalue weighted by Gasteiger charge is 2.05. The van der Waals surface area contributed by atoms with Gasteiger partial charge in [0.05, 0.1) is 11.4 Å². The Morgan fingerprint density at radius 2 is 1.83 bits per heavy atom. The normalized spacial score (nSPS) is 12.2. The molecule has 5 nitrogen and oxygen atoms in total. The molecule has 1 unspecified atom stereocenters. The van der Waals surface area contributed by atoms with Crippen molar-refractivity contribution >= 4 is 22.7 Å². The minimum absolute atomic E-state index is 0.182. The van der Waals surface area contributed by atoms with Gasteiger partial charge in [0.15, 0.2) is 5.69 Å². The zero-order valence-corrected chi connectivity index (χ0v) is 9.97. The first-order valence-corrected chi connectivity index (χ1v) is 5.53. The van der Waals surface area contributed by atoms with E-state index in [1.54, 1.807) is 6.07 Å². The first-order valence-electron chi connectivity index (χ1n) is 5.53. The van der Waals surface area contributed by atoms with Gasteiger partial charge in [-0.05, 0) is 25.1 Å². The van der Waals surface area contributed by atoms with E-state index in [-0.39, 0.29) is 5.69 Å². The molecule has 2 rings (SSSR count). The standard InChI is InChI=1S/C13H15N3O2/c1-9-2-4-10(5-3-9)15-13-7-6-11(16(17)18)8-12(13)14/h2-8,15-17H,14H2,1H3. The number of hydrogen-bond donors (Lipinski definition) is 4. The van der Waals surface area contributed by atoms with Crippen molar-refractivity contribution in [2.24, 2.45) is 0 Å². The van der Waals surface area contributed by atoms with E-state index in [0.717, 1.165) is 5.69 Å². The summed E-state index contributed by atoms with van der Waals surface area (Å²) in [5.74, 6) is 0. The number of nitrogens with one attached hydrogen (secondary N) is 2. The number of aryl methyl sites for hydroxylation is 1. The molecule has 5 heteroatoms. The Hall–Kier alpha value is -2.08. The number of nitrogens with two attached hydrogens (primary N) is 1. The van der Waals surface area contributed by atoms with Crippen molar-refractivity contribution < 1.29 is 10.4 Å². The highest BCUT2D eigenvalue weighted by Crippen LogP contribution is 2.24. The highest BCUT2D eigenvalue weighted by atomic mass is 16.8. The van der Waals surface area contributed by atoms with Crippen LogP contribution in [0.3, 0.4) is 0 Å². The molecule has 5 N–H and O–H groups in total. The van der Waals surface area contributed by atoms with E-state index in [2.05, 4.69) is 5.32 Å². The fraction of sp³-hybridized carbons (Fsp3) is 0.0769. The van der Waals surface area contributed by atoms with Gasteiger partial charge in [0.25, 0.3) is 0 Å². The molecule has 94 valence electrons. The van der Waals surface area contributed by atoms with Crippen molar-refractivity contribution in [3.8, 4) is 0 Å². The van der Waals surface area contributed by atoms with E-state index in [1.807, 2.05) is 31.2 Å². The summed E-state index contributed by atoms with van der Waals surface area (Å²) in [4.78, 5) is 0. The summed E-state index contributed by atoms with van der Waals surface area (Å²) in [6.07, 6.45) is 0. The minimum atomic E-state index is -0.983. The number of quaternary nitrogens is 1. The lowest BCUT2D eigenvalue weighted by Gasteiger charge is -2.14. The molecule has 0 heterocycles. The lowest BCUT2D eigenvalue weighted by Crippen LogP contribution is -2.99. The van der Waals surface area contributed by atoms with Crippen molar-refractivity contribution in [3.05, 3.63) is 53.2 Å². The van der Waals surface area contributed by atoms with E-state index in [1.165, 1.54) is 17.7 Å². The summed E-state index contributed by atoms with van der Waals surface area (Å²) in [5, 5.41) is 21.8. The average Bonchev–Trinajstić information content (AvgIpc) is 2.34. The summed E-state index contributed by atoms with van der Waals surface area (Å²) in [7, 11) is 0. The zero-order valence-electron chi connectivity index (χ0n) is 9.97. The topological polar surface area (TPSA) is 85.8 Å². The Morgan fingerprint density at radius 3 is 2.39 bits per heavy atom. The quantitative estimate of drug-likeness (QED) is 0.490. The predicted molar refractivity (Wildman–Crippen MR) is 71.1 cm³/mol. The monoisotopic (exact) mass is 245 g/mol. The maximum Gasteiger partial charge on any atom is 0.165 e. The molecule has 0 saturated carbocycles. The van der Waals surface area contributed by atoms with Crippen molar-refractivity contribution in [3.63, 3.8) is 0 Å². The molecule has 0 fully saturated rings. The van der Waals surface area contributed by atoms with Gasteiger partial charge in [-0.1, -0.05) is 17.7 Å². The van der Waals surface area contributed by atoms with Crippen LogP contribution in [0.5, 0.6) is 0 Å². The van der Waals surface area contributed by atoms with Crippen molar-refractivity contribution in [2.45, 2.75) is 6.92 Å². The van der Waals surface area contributed by atoms with Crippen LogP contribution in [0.15, 0.2) is 42.5 Å². The van der Waals surface area contributed by atoms with Gasteiger partial charge >= 0.3 is 0 Å². The van der Waals surface area contributed by atoms with Gasteiger partial charge in [0.1, 0.15) is 0 Å². The Bertz CT molecular complexity index is 538. The molecule has 0 aromatic heterocycles. The van der Waals surface area contributed by atoms with Crippen LogP contribution < -0.4 is 16.3 Å². The zero-order chi connectivity index (χ0) is 13.1. The third-order valence-electron chi connectivity index (χ3n) is 2.63. The third-order valence-corrected chi connectivity index (χ3v) is 2.63. The van der Waals surface area contributed by atoms with Crippen LogP contribution in [0.4, 0.5) is 22.7 Å². The van der Waals surface area contributed by atoms with Gasteiger partial charge in [-0.25, -0.2) is 5.21 Å². The van der Waals surface area contributed by atoms with Crippen LogP contribution >= 0.6 is 0 Å². The Labute approximate surface area is 105 Å². The van der Waals surface area contributed by atoms with Crippen LogP contribution in [0, 0.1) is 12.1 Å². The van der Waals surface area contributed by atoms with Crippen molar-refractivity contribution in [2.75, 3.05) is 11.1 Å². The van der Waals surface area contributed by atoms with Crippen LogP contribution in [0.1, 0.15) is 5.56 Å². The maximum atomic E-state index is 10.8. The highest BCUT2D eigenvalue weighted by molar-refractivity contribution is 5.74.